The summed E-state index contributed by atoms with van der Waals surface area (Å²) in [5.41, 5.74) is 6.79. The van der Waals surface area contributed by atoms with E-state index >= 15 is 0 Å². The zero-order chi connectivity index (χ0) is 19.3. The first-order chi connectivity index (χ1) is 13.6. The number of aryl methyl sites for hydroxylation is 2. The smallest absolute Gasteiger partial charge is 0.123 e. The molecule has 0 N–H and O–H groups in total. The fraction of sp³-hybridized carbons (Fsp3) is 0.0800. The van der Waals surface area contributed by atoms with E-state index in [2.05, 4.69) is 55.2 Å². The van der Waals surface area contributed by atoms with Crippen LogP contribution >= 0.6 is 11.3 Å². The molecule has 136 valence electrons. The molecule has 0 bridgehead atoms. The van der Waals surface area contributed by atoms with Crippen LogP contribution in [0.25, 0.3) is 42.6 Å². The summed E-state index contributed by atoms with van der Waals surface area (Å²) in [5, 5.41) is 2.56. The molecule has 0 spiro atoms. The van der Waals surface area contributed by atoms with Crippen LogP contribution in [0.3, 0.4) is 0 Å². The van der Waals surface area contributed by atoms with Gasteiger partial charge in [-0.1, -0.05) is 36.4 Å². The lowest BCUT2D eigenvalue weighted by Gasteiger charge is -2.06. The van der Waals surface area contributed by atoms with Crippen molar-refractivity contribution in [3.05, 3.63) is 89.9 Å². The number of halogens is 1. The Morgan fingerprint density at radius 3 is 2.39 bits per heavy atom. The van der Waals surface area contributed by atoms with Gasteiger partial charge in [0, 0.05) is 31.9 Å². The normalized spacial score (nSPS) is 11.4. The van der Waals surface area contributed by atoms with Gasteiger partial charge in [-0.2, -0.15) is 0 Å². The number of hydrogen-bond acceptors (Lipinski definition) is 2. The standard InChI is InChI=1S/C25H18FNS/c1-15-11-12-27-22(13-15)20-9-3-16(2)24-21-10-6-18(14-23(21)28-25(20)24)17-4-7-19(26)8-5-17/h3-14H,1-2H3. The van der Waals surface area contributed by atoms with Crippen molar-refractivity contribution in [2.24, 2.45) is 0 Å². The molecule has 0 unspecified atom stereocenters. The second-order valence-electron chi connectivity index (χ2n) is 7.17. The number of rotatable bonds is 2. The maximum Gasteiger partial charge on any atom is 0.123 e. The van der Waals surface area contributed by atoms with Gasteiger partial charge in [-0.05, 0) is 66.4 Å². The van der Waals surface area contributed by atoms with Crippen LogP contribution in [0.15, 0.2) is 72.9 Å². The Labute approximate surface area is 167 Å². The van der Waals surface area contributed by atoms with Crippen molar-refractivity contribution in [2.45, 2.75) is 13.8 Å². The van der Waals surface area contributed by atoms with E-state index in [1.165, 1.54) is 49.0 Å². The van der Waals surface area contributed by atoms with Crippen molar-refractivity contribution in [1.29, 1.82) is 0 Å². The van der Waals surface area contributed by atoms with Crippen LogP contribution in [-0.4, -0.2) is 4.98 Å². The molecular weight excluding hydrogens is 365 g/mol. The lowest BCUT2D eigenvalue weighted by Crippen LogP contribution is -1.86. The number of pyridine rings is 1. The van der Waals surface area contributed by atoms with Gasteiger partial charge in [0.05, 0.1) is 5.69 Å². The van der Waals surface area contributed by atoms with E-state index < -0.39 is 0 Å². The number of thiophene rings is 1. The van der Waals surface area contributed by atoms with Crippen molar-refractivity contribution >= 4 is 31.5 Å². The van der Waals surface area contributed by atoms with Crippen LogP contribution in [0.4, 0.5) is 4.39 Å². The predicted octanol–water partition coefficient (Wildman–Crippen LogP) is 7.54. The Bertz CT molecular complexity index is 1330. The summed E-state index contributed by atoms with van der Waals surface area (Å²) in [7, 11) is 0. The molecule has 0 aliphatic heterocycles. The molecule has 3 heteroatoms. The van der Waals surface area contributed by atoms with Gasteiger partial charge in [0.1, 0.15) is 5.82 Å². The third kappa shape index (κ3) is 2.79. The zero-order valence-electron chi connectivity index (χ0n) is 15.7. The molecule has 2 aromatic heterocycles. The van der Waals surface area contributed by atoms with Gasteiger partial charge in [0.15, 0.2) is 0 Å². The summed E-state index contributed by atoms with van der Waals surface area (Å²) in [4.78, 5) is 4.60. The van der Waals surface area contributed by atoms with Crippen molar-refractivity contribution in [2.75, 3.05) is 0 Å². The van der Waals surface area contributed by atoms with Crippen molar-refractivity contribution in [1.82, 2.24) is 4.98 Å². The molecule has 5 aromatic rings. The van der Waals surface area contributed by atoms with Gasteiger partial charge >= 0.3 is 0 Å². The van der Waals surface area contributed by atoms with Crippen LogP contribution < -0.4 is 0 Å². The van der Waals surface area contributed by atoms with Crippen LogP contribution in [0.2, 0.25) is 0 Å². The van der Waals surface area contributed by atoms with Crippen molar-refractivity contribution in [3.8, 4) is 22.4 Å². The second-order valence-corrected chi connectivity index (χ2v) is 8.22. The topological polar surface area (TPSA) is 12.9 Å². The molecule has 1 nitrogen and oxygen atoms in total. The van der Waals surface area contributed by atoms with Crippen molar-refractivity contribution < 1.29 is 4.39 Å². The highest BCUT2D eigenvalue weighted by atomic mass is 32.1. The van der Waals surface area contributed by atoms with E-state index in [1.54, 1.807) is 11.3 Å². The van der Waals surface area contributed by atoms with E-state index in [4.69, 9.17) is 0 Å². The molecule has 0 saturated heterocycles. The maximum atomic E-state index is 13.3. The van der Waals surface area contributed by atoms with Gasteiger partial charge in [0.25, 0.3) is 0 Å². The SMILES string of the molecule is Cc1ccnc(-c2ccc(C)c3c2sc2cc(-c4ccc(F)cc4)ccc23)c1. The van der Waals surface area contributed by atoms with E-state index in [0.29, 0.717) is 0 Å². The minimum atomic E-state index is -0.211. The predicted molar refractivity (Wildman–Crippen MR) is 117 cm³/mol. The molecule has 0 fully saturated rings. The number of aromatic nitrogens is 1. The van der Waals surface area contributed by atoms with E-state index in [0.717, 1.165) is 16.8 Å². The van der Waals surface area contributed by atoms with Crippen LogP contribution in [0.5, 0.6) is 0 Å². The van der Waals surface area contributed by atoms with E-state index in [1.807, 2.05) is 24.4 Å². The molecule has 0 aliphatic rings. The lowest BCUT2D eigenvalue weighted by molar-refractivity contribution is 0.628. The second kappa shape index (κ2) is 6.54. The molecule has 5 rings (SSSR count). The van der Waals surface area contributed by atoms with Crippen LogP contribution in [0, 0.1) is 19.7 Å². The minimum absolute atomic E-state index is 0.211. The maximum absolute atomic E-state index is 13.3. The summed E-state index contributed by atoms with van der Waals surface area (Å²) in [6, 6.07) is 21.7. The largest absolute Gasteiger partial charge is 0.256 e. The Kier molecular flexibility index (Phi) is 3.99. The molecular formula is C25H18FNS. The summed E-state index contributed by atoms with van der Waals surface area (Å²) < 4.78 is 15.8. The first kappa shape index (κ1) is 17.1. The molecule has 3 aromatic carbocycles. The first-order valence-corrected chi connectivity index (χ1v) is 10.1. The van der Waals surface area contributed by atoms with Crippen LogP contribution in [0.1, 0.15) is 11.1 Å². The number of benzene rings is 3. The highest BCUT2D eigenvalue weighted by Crippen LogP contribution is 2.42. The average Bonchev–Trinajstić information content (AvgIpc) is 3.08. The number of hydrogen-bond donors (Lipinski definition) is 0. The monoisotopic (exact) mass is 383 g/mol. The first-order valence-electron chi connectivity index (χ1n) is 9.25. The fourth-order valence-corrected chi connectivity index (χ4v) is 5.09. The van der Waals surface area contributed by atoms with Crippen molar-refractivity contribution in [3.63, 3.8) is 0 Å². The van der Waals surface area contributed by atoms with Gasteiger partial charge < -0.3 is 0 Å². The lowest BCUT2D eigenvalue weighted by atomic mass is 9.99. The molecule has 28 heavy (non-hydrogen) atoms. The van der Waals surface area contributed by atoms with Gasteiger partial charge in [0.2, 0.25) is 0 Å². The molecule has 0 amide bonds. The molecule has 0 aliphatic carbocycles. The highest BCUT2D eigenvalue weighted by Gasteiger charge is 2.14. The fourth-order valence-electron chi connectivity index (χ4n) is 3.75. The summed E-state index contributed by atoms with van der Waals surface area (Å²) >= 11 is 1.80. The summed E-state index contributed by atoms with van der Waals surface area (Å²) in [5.74, 6) is -0.211. The highest BCUT2D eigenvalue weighted by molar-refractivity contribution is 7.26. The Hall–Kier alpha value is -3.04. The summed E-state index contributed by atoms with van der Waals surface area (Å²) in [6.07, 6.45) is 1.87. The number of nitrogens with zero attached hydrogens (tertiary/aromatic N) is 1. The van der Waals surface area contributed by atoms with Gasteiger partial charge in [-0.25, -0.2) is 4.39 Å². The Balaban J connectivity index is 1.76. The van der Waals surface area contributed by atoms with Gasteiger partial charge in [-0.15, -0.1) is 11.3 Å². The molecule has 0 atom stereocenters. The molecule has 0 radical (unpaired) electrons. The zero-order valence-corrected chi connectivity index (χ0v) is 16.5. The third-order valence-electron chi connectivity index (χ3n) is 5.20. The number of fused-ring (bicyclic) bond motifs is 3. The van der Waals surface area contributed by atoms with E-state index in [-0.39, 0.29) is 5.82 Å². The quantitative estimate of drug-likeness (QED) is 0.307. The Morgan fingerprint density at radius 2 is 1.61 bits per heavy atom. The molecule has 2 heterocycles. The van der Waals surface area contributed by atoms with Crippen LogP contribution in [-0.2, 0) is 0 Å². The molecule has 0 saturated carbocycles. The minimum Gasteiger partial charge on any atom is -0.256 e. The van der Waals surface area contributed by atoms with Gasteiger partial charge in [-0.3, -0.25) is 4.98 Å². The summed E-state index contributed by atoms with van der Waals surface area (Å²) in [6.45, 7) is 4.26. The van der Waals surface area contributed by atoms with E-state index in [9.17, 15) is 4.39 Å². The Morgan fingerprint density at radius 1 is 0.821 bits per heavy atom. The average molecular weight is 383 g/mol. The third-order valence-corrected chi connectivity index (χ3v) is 6.38.